The molecule has 1 N–H and O–H groups in total. The van der Waals surface area contributed by atoms with Crippen molar-refractivity contribution >= 4 is 46.6 Å². The van der Waals surface area contributed by atoms with Crippen molar-refractivity contribution in [2.45, 2.75) is 19.7 Å². The topological polar surface area (TPSA) is 46.2 Å². The normalized spacial score (nSPS) is 10.5. The Morgan fingerprint density at radius 2 is 2.06 bits per heavy atom. The van der Waals surface area contributed by atoms with Crippen LogP contribution >= 0.6 is 11.3 Å². The van der Waals surface area contributed by atoms with E-state index in [0.29, 0.717) is 17.0 Å². The van der Waals surface area contributed by atoms with Gasteiger partial charge in [-0.3, -0.25) is 9.59 Å². The number of fused-ring (bicyclic) bond motifs is 1. The number of carbonyl (C=O) groups is 2. The molecule has 0 spiro atoms. The highest BCUT2D eigenvalue weighted by atomic mass is 32.1. The van der Waals surface area contributed by atoms with Crippen molar-refractivity contribution in [3.05, 3.63) is 29.1 Å². The Labute approximate surface area is 111 Å². The minimum Gasteiger partial charge on any atom is -0.325 e. The van der Waals surface area contributed by atoms with Gasteiger partial charge in [0.05, 0.1) is 18.4 Å². The molecule has 0 aliphatic carbocycles. The van der Waals surface area contributed by atoms with Crippen LogP contribution in [-0.4, -0.2) is 19.5 Å². The zero-order chi connectivity index (χ0) is 13.1. The molecule has 0 unspecified atom stereocenters. The van der Waals surface area contributed by atoms with Crippen molar-refractivity contribution in [2.24, 2.45) is 0 Å². The van der Waals surface area contributed by atoms with E-state index in [9.17, 15) is 9.59 Å². The Morgan fingerprint density at radius 3 is 2.72 bits per heavy atom. The first-order valence-corrected chi connectivity index (χ1v) is 6.53. The van der Waals surface area contributed by atoms with Crippen LogP contribution in [0.1, 0.15) is 23.0 Å². The summed E-state index contributed by atoms with van der Waals surface area (Å²) in [4.78, 5) is 23.9. The summed E-state index contributed by atoms with van der Waals surface area (Å²) >= 11 is 1.40. The third-order valence-electron chi connectivity index (χ3n) is 2.62. The van der Waals surface area contributed by atoms with Crippen LogP contribution in [0.5, 0.6) is 0 Å². The molecule has 1 aromatic heterocycles. The van der Waals surface area contributed by atoms with Crippen molar-refractivity contribution < 1.29 is 9.59 Å². The number of rotatable bonds is 4. The third kappa shape index (κ3) is 2.31. The molecule has 18 heavy (non-hydrogen) atoms. The molecule has 0 saturated carbocycles. The summed E-state index contributed by atoms with van der Waals surface area (Å²) in [5.41, 5.74) is 0.595. The number of ketones is 1. The predicted molar refractivity (Wildman–Crippen MR) is 75.6 cm³/mol. The van der Waals surface area contributed by atoms with Gasteiger partial charge >= 0.3 is 0 Å². The average Bonchev–Trinajstić information content (AvgIpc) is 2.77. The van der Waals surface area contributed by atoms with Crippen molar-refractivity contribution in [3.8, 4) is 0 Å². The number of nitrogens with one attached hydrogen (secondary N) is 1. The molecule has 2 rings (SSSR count). The number of Topliss-reactive ketones (excluding diaryl/α,β-unsaturated/α-hetero) is 1. The maximum Gasteiger partial charge on any atom is 0.215 e. The van der Waals surface area contributed by atoms with Crippen LogP contribution < -0.4 is 5.32 Å². The highest BCUT2D eigenvalue weighted by molar-refractivity contribution is 7.21. The quantitative estimate of drug-likeness (QED) is 0.676. The summed E-state index contributed by atoms with van der Waals surface area (Å²) in [5, 5.41) is 3.61. The molecule has 0 atom stereocenters. The molecular weight excluding hydrogens is 245 g/mol. The summed E-state index contributed by atoms with van der Waals surface area (Å²) in [6.45, 7) is 1.81. The number of hydrogen-bond donors (Lipinski definition) is 1. The van der Waals surface area contributed by atoms with Gasteiger partial charge in [0.2, 0.25) is 5.91 Å². The van der Waals surface area contributed by atoms with Crippen LogP contribution in [0.4, 0.5) is 5.69 Å². The van der Waals surface area contributed by atoms with Gasteiger partial charge in [-0.15, -0.1) is 11.3 Å². The smallest absolute Gasteiger partial charge is 0.215 e. The first kappa shape index (κ1) is 12.8. The fourth-order valence-electron chi connectivity index (χ4n) is 1.72. The number of amides is 1. The molecule has 0 aliphatic heterocycles. The fraction of sp³-hybridized carbons (Fsp3) is 0.231. The van der Waals surface area contributed by atoms with E-state index >= 15 is 0 Å². The molecular formula is C13H12BNO2S. The van der Waals surface area contributed by atoms with Gasteiger partial charge in [0, 0.05) is 16.5 Å². The van der Waals surface area contributed by atoms with Crippen molar-refractivity contribution in [3.63, 3.8) is 0 Å². The van der Waals surface area contributed by atoms with Crippen LogP contribution in [0.2, 0.25) is 6.32 Å². The maximum absolute atomic E-state index is 11.9. The second kappa shape index (κ2) is 5.35. The predicted octanol–water partition coefficient (Wildman–Crippen LogP) is 3.02. The van der Waals surface area contributed by atoms with Crippen LogP contribution in [0.3, 0.4) is 0 Å². The maximum atomic E-state index is 11.9. The molecule has 0 saturated heterocycles. The first-order valence-electron chi connectivity index (χ1n) is 5.72. The van der Waals surface area contributed by atoms with Crippen LogP contribution in [-0.2, 0) is 4.79 Å². The number of thiophene rings is 1. The van der Waals surface area contributed by atoms with Crippen molar-refractivity contribution in [1.82, 2.24) is 0 Å². The summed E-state index contributed by atoms with van der Waals surface area (Å²) in [6.07, 6.45) is 0.322. The molecule has 0 bridgehead atoms. The van der Waals surface area contributed by atoms with E-state index in [1.54, 1.807) is 6.92 Å². The van der Waals surface area contributed by atoms with Gasteiger partial charge in [0.1, 0.15) is 0 Å². The number of anilines is 1. The lowest BCUT2D eigenvalue weighted by Crippen LogP contribution is -2.12. The van der Waals surface area contributed by atoms with E-state index in [1.807, 2.05) is 24.3 Å². The zero-order valence-corrected chi connectivity index (χ0v) is 10.8. The number of hydrogen-bond acceptors (Lipinski definition) is 3. The Hall–Kier alpha value is -1.62. The van der Waals surface area contributed by atoms with E-state index in [2.05, 4.69) is 5.32 Å². The molecule has 3 nitrogen and oxygen atoms in total. The van der Waals surface area contributed by atoms with Gasteiger partial charge in [-0.1, -0.05) is 25.1 Å². The van der Waals surface area contributed by atoms with Gasteiger partial charge in [0.15, 0.2) is 5.78 Å². The standard InChI is InChI=1S/C13H12BNO2S/c1-2-9(16)13-12(15-11(17)7-14)8-5-3-4-6-10(8)18-13/h3-6H,2,7H2,1H3,(H,15,17). The van der Waals surface area contributed by atoms with E-state index in [1.165, 1.54) is 11.3 Å². The van der Waals surface area contributed by atoms with E-state index < -0.39 is 0 Å². The van der Waals surface area contributed by atoms with Gasteiger partial charge < -0.3 is 5.32 Å². The molecule has 2 radical (unpaired) electrons. The van der Waals surface area contributed by atoms with E-state index in [0.717, 1.165) is 10.1 Å². The Morgan fingerprint density at radius 1 is 1.33 bits per heavy atom. The minimum absolute atomic E-state index is 0.0310. The van der Waals surface area contributed by atoms with E-state index in [-0.39, 0.29) is 18.0 Å². The number of benzene rings is 1. The largest absolute Gasteiger partial charge is 0.325 e. The first-order chi connectivity index (χ1) is 8.67. The van der Waals surface area contributed by atoms with Gasteiger partial charge in [-0.2, -0.15) is 0 Å². The lowest BCUT2D eigenvalue weighted by atomic mass is 10.0. The lowest BCUT2D eigenvalue weighted by molar-refractivity contribution is -0.114. The highest BCUT2D eigenvalue weighted by Gasteiger charge is 2.18. The van der Waals surface area contributed by atoms with Gasteiger partial charge in [0.25, 0.3) is 0 Å². The highest BCUT2D eigenvalue weighted by Crippen LogP contribution is 2.36. The van der Waals surface area contributed by atoms with E-state index in [4.69, 9.17) is 7.85 Å². The SMILES string of the molecule is [B]CC(=O)Nc1c(C(=O)CC)sc2ccccc12. The molecule has 2 aromatic rings. The fourth-order valence-corrected chi connectivity index (χ4v) is 2.88. The van der Waals surface area contributed by atoms with Crippen LogP contribution in [0.15, 0.2) is 24.3 Å². The Bertz CT molecular complexity index is 606. The summed E-state index contributed by atoms with van der Waals surface area (Å²) in [7, 11) is 5.30. The molecule has 1 heterocycles. The van der Waals surface area contributed by atoms with Crippen LogP contribution in [0, 0.1) is 0 Å². The van der Waals surface area contributed by atoms with Crippen LogP contribution in [0.25, 0.3) is 10.1 Å². The lowest BCUT2D eigenvalue weighted by Gasteiger charge is -2.04. The average molecular weight is 257 g/mol. The van der Waals surface area contributed by atoms with Crippen molar-refractivity contribution in [2.75, 3.05) is 5.32 Å². The molecule has 1 amide bonds. The number of carbonyl (C=O) groups excluding carboxylic acids is 2. The molecule has 1 aromatic carbocycles. The molecule has 5 heteroatoms. The Balaban J connectivity index is 2.57. The summed E-state index contributed by atoms with van der Waals surface area (Å²) < 4.78 is 0.988. The minimum atomic E-state index is -0.288. The Kier molecular flexibility index (Phi) is 3.82. The zero-order valence-electron chi connectivity index (χ0n) is 10.0. The molecule has 0 fully saturated rings. The summed E-state index contributed by atoms with van der Waals surface area (Å²) in [5.74, 6) is -0.257. The van der Waals surface area contributed by atoms with Gasteiger partial charge in [-0.05, 0) is 12.4 Å². The van der Waals surface area contributed by atoms with Crippen molar-refractivity contribution in [1.29, 1.82) is 0 Å². The molecule has 0 aliphatic rings. The van der Waals surface area contributed by atoms with Gasteiger partial charge in [-0.25, -0.2) is 0 Å². The second-order valence-corrected chi connectivity index (χ2v) is 4.88. The third-order valence-corrected chi connectivity index (χ3v) is 3.83. The summed E-state index contributed by atoms with van der Waals surface area (Å²) in [6, 6.07) is 7.62. The monoisotopic (exact) mass is 257 g/mol. The molecule has 90 valence electrons. The second-order valence-electron chi connectivity index (χ2n) is 3.83.